The fourth-order valence-electron chi connectivity index (χ4n) is 1.82. The van der Waals surface area contributed by atoms with Crippen LogP contribution in [0.15, 0.2) is 41.6 Å². The van der Waals surface area contributed by atoms with Gasteiger partial charge in [0, 0.05) is 11.8 Å². The van der Waals surface area contributed by atoms with Crippen LogP contribution < -0.4 is 4.18 Å². The fraction of sp³-hybridized carbons (Fsp3) is 0.154. The van der Waals surface area contributed by atoms with Crippen LogP contribution in [-0.4, -0.2) is 28.0 Å². The SMILES string of the molecule is Cc1ccc(S(=O)(=O)Oc2cc(C)nc3ncnn23)cc1. The van der Waals surface area contributed by atoms with Crippen molar-refractivity contribution in [3.05, 3.63) is 47.9 Å². The lowest BCUT2D eigenvalue weighted by Crippen LogP contribution is -2.13. The number of benzene rings is 1. The fourth-order valence-corrected chi connectivity index (χ4v) is 2.73. The Morgan fingerprint density at radius 2 is 1.86 bits per heavy atom. The average molecular weight is 304 g/mol. The summed E-state index contributed by atoms with van der Waals surface area (Å²) < 4.78 is 31.0. The Labute approximate surface area is 121 Å². The zero-order valence-electron chi connectivity index (χ0n) is 11.4. The van der Waals surface area contributed by atoms with Crippen molar-refractivity contribution in [2.75, 3.05) is 0 Å². The number of nitrogens with zero attached hydrogens (tertiary/aromatic N) is 4. The Morgan fingerprint density at radius 1 is 1.14 bits per heavy atom. The van der Waals surface area contributed by atoms with Crippen molar-refractivity contribution in [3.8, 4) is 5.88 Å². The van der Waals surface area contributed by atoms with Crippen molar-refractivity contribution in [1.29, 1.82) is 0 Å². The molecule has 7 nitrogen and oxygen atoms in total. The van der Waals surface area contributed by atoms with Crippen molar-refractivity contribution in [2.24, 2.45) is 0 Å². The number of hydrogen-bond acceptors (Lipinski definition) is 6. The van der Waals surface area contributed by atoms with Gasteiger partial charge in [0.15, 0.2) is 0 Å². The molecule has 21 heavy (non-hydrogen) atoms. The number of hydrogen-bond donors (Lipinski definition) is 0. The highest BCUT2D eigenvalue weighted by molar-refractivity contribution is 7.87. The third-order valence-corrected chi connectivity index (χ3v) is 4.09. The summed E-state index contributed by atoms with van der Waals surface area (Å²) >= 11 is 0. The average Bonchev–Trinajstić information content (AvgIpc) is 2.87. The van der Waals surface area contributed by atoms with Gasteiger partial charge in [-0.1, -0.05) is 17.7 Å². The molecule has 3 aromatic rings. The molecule has 0 unspecified atom stereocenters. The van der Waals surface area contributed by atoms with E-state index in [1.54, 1.807) is 19.1 Å². The molecule has 0 aliphatic rings. The van der Waals surface area contributed by atoms with Gasteiger partial charge in [-0.15, -0.1) is 0 Å². The van der Waals surface area contributed by atoms with Crippen molar-refractivity contribution in [3.63, 3.8) is 0 Å². The molecule has 0 saturated heterocycles. The maximum absolute atomic E-state index is 12.3. The van der Waals surface area contributed by atoms with Crippen molar-refractivity contribution in [2.45, 2.75) is 18.7 Å². The Hall–Kier alpha value is -2.48. The Bertz CT molecular complexity index is 901. The molecule has 0 saturated carbocycles. The zero-order chi connectivity index (χ0) is 15.0. The van der Waals surface area contributed by atoms with E-state index >= 15 is 0 Å². The lowest BCUT2D eigenvalue weighted by Gasteiger charge is -2.08. The molecule has 0 atom stereocenters. The molecule has 108 valence electrons. The van der Waals surface area contributed by atoms with Crippen LogP contribution in [0.5, 0.6) is 5.88 Å². The Morgan fingerprint density at radius 3 is 2.57 bits per heavy atom. The van der Waals surface area contributed by atoms with Gasteiger partial charge in [0.05, 0.1) is 0 Å². The first-order chi connectivity index (χ1) is 9.95. The minimum Gasteiger partial charge on any atom is -0.358 e. The lowest BCUT2D eigenvalue weighted by molar-refractivity contribution is 0.465. The minimum atomic E-state index is -3.93. The maximum Gasteiger partial charge on any atom is 0.340 e. The van der Waals surface area contributed by atoms with Crippen LogP contribution >= 0.6 is 0 Å². The lowest BCUT2D eigenvalue weighted by atomic mass is 10.2. The van der Waals surface area contributed by atoms with Gasteiger partial charge in [-0.05, 0) is 26.0 Å². The molecule has 0 aliphatic carbocycles. The first kappa shape index (κ1) is 13.5. The summed E-state index contributed by atoms with van der Waals surface area (Å²) in [6.45, 7) is 3.60. The van der Waals surface area contributed by atoms with Gasteiger partial charge in [-0.25, -0.2) is 4.98 Å². The maximum atomic E-state index is 12.3. The molecule has 3 rings (SSSR count). The molecule has 2 heterocycles. The van der Waals surface area contributed by atoms with Crippen LogP contribution in [0, 0.1) is 13.8 Å². The standard InChI is InChI=1S/C13H12N4O3S/c1-9-3-5-11(6-4-9)21(18,19)20-12-7-10(2)16-13-14-8-15-17(12)13/h3-8H,1-2H3. The molecule has 0 N–H and O–H groups in total. The first-order valence-corrected chi connectivity index (χ1v) is 7.55. The number of aryl methyl sites for hydroxylation is 2. The topological polar surface area (TPSA) is 86.5 Å². The van der Waals surface area contributed by atoms with Gasteiger partial charge in [0.25, 0.3) is 5.78 Å². The summed E-state index contributed by atoms with van der Waals surface area (Å²) in [4.78, 5) is 8.13. The van der Waals surface area contributed by atoms with Gasteiger partial charge < -0.3 is 4.18 Å². The molecule has 0 spiro atoms. The van der Waals surface area contributed by atoms with Crippen LogP contribution in [0.4, 0.5) is 0 Å². The predicted octanol–water partition coefficient (Wildman–Crippen LogP) is 1.51. The zero-order valence-corrected chi connectivity index (χ0v) is 12.2. The molecule has 0 amide bonds. The van der Waals surface area contributed by atoms with Gasteiger partial charge in [-0.3, -0.25) is 0 Å². The summed E-state index contributed by atoms with van der Waals surface area (Å²) in [7, 11) is -3.93. The van der Waals surface area contributed by atoms with E-state index in [0.29, 0.717) is 5.69 Å². The smallest absolute Gasteiger partial charge is 0.340 e. The molecule has 2 aromatic heterocycles. The van der Waals surface area contributed by atoms with E-state index in [1.807, 2.05) is 6.92 Å². The third-order valence-electron chi connectivity index (χ3n) is 2.85. The first-order valence-electron chi connectivity index (χ1n) is 6.14. The van der Waals surface area contributed by atoms with E-state index in [-0.39, 0.29) is 16.6 Å². The highest BCUT2D eigenvalue weighted by atomic mass is 32.2. The third kappa shape index (κ3) is 2.57. The summed E-state index contributed by atoms with van der Waals surface area (Å²) in [5.41, 5.74) is 1.55. The van der Waals surface area contributed by atoms with E-state index in [2.05, 4.69) is 15.1 Å². The van der Waals surface area contributed by atoms with Gasteiger partial charge in [0.2, 0.25) is 5.88 Å². The molecular weight excluding hydrogens is 292 g/mol. The van der Waals surface area contributed by atoms with Gasteiger partial charge >= 0.3 is 10.1 Å². The monoisotopic (exact) mass is 304 g/mol. The second kappa shape index (κ2) is 4.81. The van der Waals surface area contributed by atoms with Crippen LogP contribution in [-0.2, 0) is 10.1 Å². The molecule has 0 bridgehead atoms. The number of aromatic nitrogens is 4. The van der Waals surface area contributed by atoms with Crippen LogP contribution in [0.3, 0.4) is 0 Å². The molecular formula is C13H12N4O3S. The molecule has 0 fully saturated rings. The second-order valence-electron chi connectivity index (χ2n) is 4.56. The molecule has 0 aliphatic heterocycles. The summed E-state index contributed by atoms with van der Waals surface area (Å²) in [6, 6.07) is 7.90. The minimum absolute atomic E-state index is 0.0515. The largest absolute Gasteiger partial charge is 0.358 e. The van der Waals surface area contributed by atoms with Crippen molar-refractivity contribution < 1.29 is 12.6 Å². The Kier molecular flexibility index (Phi) is 3.09. The summed E-state index contributed by atoms with van der Waals surface area (Å²) in [5, 5.41) is 3.91. The van der Waals surface area contributed by atoms with E-state index in [0.717, 1.165) is 5.56 Å². The normalized spacial score (nSPS) is 11.7. The number of rotatable bonds is 3. The van der Waals surface area contributed by atoms with Crippen LogP contribution in [0.2, 0.25) is 0 Å². The van der Waals surface area contributed by atoms with Crippen molar-refractivity contribution in [1.82, 2.24) is 19.6 Å². The molecule has 1 aromatic carbocycles. The van der Waals surface area contributed by atoms with Crippen LogP contribution in [0.25, 0.3) is 5.78 Å². The van der Waals surface area contributed by atoms with Gasteiger partial charge in [-0.2, -0.15) is 23.0 Å². The summed E-state index contributed by atoms with van der Waals surface area (Å²) in [5.74, 6) is 0.333. The Balaban J connectivity index is 2.05. The van der Waals surface area contributed by atoms with Crippen molar-refractivity contribution >= 4 is 15.9 Å². The van der Waals surface area contributed by atoms with Crippen LogP contribution in [0.1, 0.15) is 11.3 Å². The summed E-state index contributed by atoms with van der Waals surface area (Å²) in [6.07, 6.45) is 1.28. The van der Waals surface area contributed by atoms with E-state index in [1.165, 1.54) is 29.0 Å². The van der Waals surface area contributed by atoms with E-state index in [4.69, 9.17) is 4.18 Å². The highest BCUT2D eigenvalue weighted by Crippen LogP contribution is 2.19. The second-order valence-corrected chi connectivity index (χ2v) is 6.10. The van der Waals surface area contributed by atoms with E-state index in [9.17, 15) is 8.42 Å². The number of fused-ring (bicyclic) bond motifs is 1. The quantitative estimate of drug-likeness (QED) is 0.682. The molecule has 8 heteroatoms. The van der Waals surface area contributed by atoms with E-state index < -0.39 is 10.1 Å². The van der Waals surface area contributed by atoms with Gasteiger partial charge in [0.1, 0.15) is 11.2 Å². The highest BCUT2D eigenvalue weighted by Gasteiger charge is 2.19. The predicted molar refractivity (Wildman–Crippen MR) is 74.5 cm³/mol. The molecule has 0 radical (unpaired) electrons.